The number of nitrogens with one attached hydrogen (secondary N) is 1. The molecule has 3 nitrogen and oxygen atoms in total. The zero-order valence-electron chi connectivity index (χ0n) is 11.1. The van der Waals surface area contributed by atoms with Gasteiger partial charge in [-0.05, 0) is 42.5 Å². The molecule has 0 unspecified atom stereocenters. The van der Waals surface area contributed by atoms with Crippen LogP contribution in [0.5, 0.6) is 0 Å². The van der Waals surface area contributed by atoms with Gasteiger partial charge < -0.3 is 11.1 Å². The Morgan fingerprint density at radius 3 is 2.47 bits per heavy atom. The Morgan fingerprint density at radius 2 is 1.89 bits per heavy atom. The Kier molecular flexibility index (Phi) is 4.53. The van der Waals surface area contributed by atoms with E-state index in [1.165, 1.54) is 25.0 Å². The third-order valence-electron chi connectivity index (χ3n) is 4.04. The summed E-state index contributed by atoms with van der Waals surface area (Å²) in [5.41, 5.74) is 6.75. The van der Waals surface area contributed by atoms with Crippen LogP contribution in [0.1, 0.15) is 31.2 Å². The molecular formula is C15H21FN2O. The number of amides is 1. The van der Waals surface area contributed by atoms with Crippen molar-refractivity contribution in [2.24, 2.45) is 11.1 Å². The molecule has 1 amide bonds. The molecule has 0 aromatic heterocycles. The number of nitrogens with two attached hydrogens (primary N) is 1. The van der Waals surface area contributed by atoms with E-state index in [0.717, 1.165) is 18.4 Å². The zero-order chi connectivity index (χ0) is 13.7. The van der Waals surface area contributed by atoms with Crippen molar-refractivity contribution in [3.63, 3.8) is 0 Å². The van der Waals surface area contributed by atoms with Gasteiger partial charge in [-0.25, -0.2) is 4.39 Å². The van der Waals surface area contributed by atoms with Gasteiger partial charge in [0.05, 0.1) is 6.42 Å². The van der Waals surface area contributed by atoms with Crippen molar-refractivity contribution in [1.29, 1.82) is 0 Å². The summed E-state index contributed by atoms with van der Waals surface area (Å²) in [5.74, 6) is -0.302. The van der Waals surface area contributed by atoms with Gasteiger partial charge in [0.2, 0.25) is 5.91 Å². The van der Waals surface area contributed by atoms with Crippen molar-refractivity contribution in [1.82, 2.24) is 5.32 Å². The molecule has 1 fully saturated rings. The molecule has 0 atom stereocenters. The monoisotopic (exact) mass is 264 g/mol. The standard InChI is InChI=1S/C15H21FN2O/c16-13-5-3-12(4-6-13)9-14(19)18-11-15(10-17)7-1-2-8-15/h3-6H,1-2,7-11,17H2,(H,18,19). The average molecular weight is 264 g/mol. The first-order chi connectivity index (χ1) is 9.13. The summed E-state index contributed by atoms with van der Waals surface area (Å²) in [4.78, 5) is 11.9. The molecule has 1 aromatic carbocycles. The van der Waals surface area contributed by atoms with Crippen LogP contribution < -0.4 is 11.1 Å². The van der Waals surface area contributed by atoms with Crippen LogP contribution in [-0.4, -0.2) is 19.0 Å². The molecule has 1 aromatic rings. The van der Waals surface area contributed by atoms with Gasteiger partial charge in [0.1, 0.15) is 5.82 Å². The van der Waals surface area contributed by atoms with Crippen LogP contribution >= 0.6 is 0 Å². The molecule has 2 rings (SSSR count). The summed E-state index contributed by atoms with van der Waals surface area (Å²) in [6.07, 6.45) is 4.89. The highest BCUT2D eigenvalue weighted by atomic mass is 19.1. The number of hydrogen-bond donors (Lipinski definition) is 2. The van der Waals surface area contributed by atoms with Gasteiger partial charge in [-0.2, -0.15) is 0 Å². The third-order valence-corrected chi connectivity index (χ3v) is 4.04. The van der Waals surface area contributed by atoms with Crippen LogP contribution in [0.3, 0.4) is 0 Å². The topological polar surface area (TPSA) is 55.1 Å². The lowest BCUT2D eigenvalue weighted by atomic mass is 9.86. The van der Waals surface area contributed by atoms with Crippen LogP contribution in [-0.2, 0) is 11.2 Å². The fourth-order valence-electron chi connectivity index (χ4n) is 2.71. The van der Waals surface area contributed by atoms with Crippen LogP contribution in [0.4, 0.5) is 4.39 Å². The minimum atomic E-state index is -0.280. The van der Waals surface area contributed by atoms with Crippen molar-refractivity contribution < 1.29 is 9.18 Å². The Balaban J connectivity index is 1.82. The van der Waals surface area contributed by atoms with Crippen molar-refractivity contribution in [2.45, 2.75) is 32.1 Å². The first kappa shape index (κ1) is 14.0. The number of carbonyl (C=O) groups excluding carboxylic acids is 1. The molecule has 1 aliphatic carbocycles. The van der Waals surface area contributed by atoms with E-state index < -0.39 is 0 Å². The van der Waals surface area contributed by atoms with E-state index in [9.17, 15) is 9.18 Å². The van der Waals surface area contributed by atoms with E-state index in [4.69, 9.17) is 5.73 Å². The maximum atomic E-state index is 12.8. The molecule has 104 valence electrons. The van der Waals surface area contributed by atoms with Crippen LogP contribution in [0.2, 0.25) is 0 Å². The Labute approximate surface area is 113 Å². The lowest BCUT2D eigenvalue weighted by molar-refractivity contribution is -0.120. The van der Waals surface area contributed by atoms with Gasteiger partial charge >= 0.3 is 0 Å². The highest BCUT2D eigenvalue weighted by molar-refractivity contribution is 5.78. The molecule has 1 saturated carbocycles. The normalized spacial score (nSPS) is 17.4. The van der Waals surface area contributed by atoms with Gasteiger partial charge in [0.15, 0.2) is 0 Å². The third kappa shape index (κ3) is 3.77. The second-order valence-electron chi connectivity index (χ2n) is 5.49. The maximum absolute atomic E-state index is 12.8. The van der Waals surface area contributed by atoms with Crippen molar-refractivity contribution in [3.8, 4) is 0 Å². The number of benzene rings is 1. The average Bonchev–Trinajstić information content (AvgIpc) is 2.89. The molecule has 19 heavy (non-hydrogen) atoms. The van der Waals surface area contributed by atoms with Crippen molar-refractivity contribution >= 4 is 5.91 Å². The second kappa shape index (κ2) is 6.15. The van der Waals surface area contributed by atoms with E-state index >= 15 is 0 Å². The van der Waals surface area contributed by atoms with Crippen LogP contribution in [0.25, 0.3) is 0 Å². The molecular weight excluding hydrogens is 243 g/mol. The molecule has 0 saturated heterocycles. The second-order valence-corrected chi connectivity index (χ2v) is 5.49. The number of rotatable bonds is 5. The molecule has 1 aliphatic rings. The quantitative estimate of drug-likeness (QED) is 0.854. The van der Waals surface area contributed by atoms with E-state index in [1.807, 2.05) is 0 Å². The maximum Gasteiger partial charge on any atom is 0.224 e. The minimum absolute atomic E-state index is 0.0219. The zero-order valence-corrected chi connectivity index (χ0v) is 11.1. The van der Waals surface area contributed by atoms with E-state index in [1.54, 1.807) is 12.1 Å². The fraction of sp³-hybridized carbons (Fsp3) is 0.533. The summed E-state index contributed by atoms with van der Waals surface area (Å²) < 4.78 is 12.8. The predicted octanol–water partition coefficient (Wildman–Crippen LogP) is 2.00. The smallest absolute Gasteiger partial charge is 0.224 e. The lowest BCUT2D eigenvalue weighted by Crippen LogP contribution is -2.41. The Hall–Kier alpha value is -1.42. The van der Waals surface area contributed by atoms with E-state index in [2.05, 4.69) is 5.32 Å². The molecule has 0 aliphatic heterocycles. The Bertz CT molecular complexity index is 424. The van der Waals surface area contributed by atoms with Gasteiger partial charge in [-0.15, -0.1) is 0 Å². The summed E-state index contributed by atoms with van der Waals surface area (Å²) in [7, 11) is 0. The van der Waals surface area contributed by atoms with Gasteiger partial charge in [-0.1, -0.05) is 25.0 Å². The molecule has 3 N–H and O–H groups in total. The largest absolute Gasteiger partial charge is 0.355 e. The highest BCUT2D eigenvalue weighted by Gasteiger charge is 2.32. The summed E-state index contributed by atoms with van der Waals surface area (Å²) >= 11 is 0. The summed E-state index contributed by atoms with van der Waals surface area (Å²) in [5, 5.41) is 2.97. The minimum Gasteiger partial charge on any atom is -0.355 e. The molecule has 4 heteroatoms. The van der Waals surface area contributed by atoms with Crippen LogP contribution in [0, 0.1) is 11.2 Å². The highest BCUT2D eigenvalue weighted by Crippen LogP contribution is 2.36. The first-order valence-electron chi connectivity index (χ1n) is 6.85. The number of carbonyl (C=O) groups is 1. The Morgan fingerprint density at radius 1 is 1.26 bits per heavy atom. The SMILES string of the molecule is NCC1(CNC(=O)Cc2ccc(F)cc2)CCCC1. The van der Waals surface area contributed by atoms with Crippen molar-refractivity contribution in [2.75, 3.05) is 13.1 Å². The van der Waals surface area contributed by atoms with Gasteiger partial charge in [-0.3, -0.25) is 4.79 Å². The molecule has 0 spiro atoms. The van der Waals surface area contributed by atoms with E-state index in [-0.39, 0.29) is 17.1 Å². The van der Waals surface area contributed by atoms with E-state index in [0.29, 0.717) is 19.5 Å². The lowest BCUT2D eigenvalue weighted by Gasteiger charge is -2.27. The van der Waals surface area contributed by atoms with Gasteiger partial charge in [0, 0.05) is 6.54 Å². The number of hydrogen-bond acceptors (Lipinski definition) is 2. The molecule has 0 bridgehead atoms. The fourth-order valence-corrected chi connectivity index (χ4v) is 2.71. The summed E-state index contributed by atoms with van der Waals surface area (Å²) in [6.45, 7) is 1.29. The molecule has 0 radical (unpaired) electrons. The predicted molar refractivity (Wildman–Crippen MR) is 73.1 cm³/mol. The summed E-state index contributed by atoms with van der Waals surface area (Å²) in [6, 6.07) is 6.04. The molecule has 0 heterocycles. The first-order valence-corrected chi connectivity index (χ1v) is 6.85. The number of halogens is 1. The van der Waals surface area contributed by atoms with Crippen LogP contribution in [0.15, 0.2) is 24.3 Å². The van der Waals surface area contributed by atoms with Gasteiger partial charge in [0.25, 0.3) is 0 Å². The van der Waals surface area contributed by atoms with Crippen molar-refractivity contribution in [3.05, 3.63) is 35.6 Å².